The van der Waals surface area contributed by atoms with E-state index in [0.717, 1.165) is 4.31 Å². The average Bonchev–Trinajstić information content (AvgIpc) is 2.70. The van der Waals surface area contributed by atoms with Gasteiger partial charge in [0, 0.05) is 14.1 Å². The van der Waals surface area contributed by atoms with E-state index < -0.39 is 20.0 Å². The highest BCUT2D eigenvalue weighted by Gasteiger charge is 2.20. The number of benzene rings is 3. The Balaban J connectivity index is 1.87. The monoisotopic (exact) mass is 432 g/mol. The van der Waals surface area contributed by atoms with Crippen LogP contribution in [0.3, 0.4) is 0 Å². The number of hydrogen-bond donors (Lipinski definition) is 1. The molecule has 1 N–H and O–H groups in total. The topological polar surface area (TPSA) is 92.8 Å². The molecule has 3 rings (SSSR count). The van der Waals surface area contributed by atoms with Gasteiger partial charge in [-0.05, 0) is 48.5 Å². The van der Waals surface area contributed by atoms with Gasteiger partial charge in [0.25, 0.3) is 10.0 Å². The van der Waals surface area contributed by atoms with Crippen molar-refractivity contribution in [1.29, 1.82) is 0 Å². The Hall–Kier alpha value is -2.88. The van der Waals surface area contributed by atoms with E-state index in [1.165, 1.54) is 38.4 Å². The molecule has 0 aliphatic heterocycles. The predicted octanol–water partition coefficient (Wildman–Crippen LogP) is 3.53. The molecular weight excluding hydrogens is 412 g/mol. The summed E-state index contributed by atoms with van der Waals surface area (Å²) in [6.45, 7) is 0. The molecule has 0 aliphatic rings. The maximum absolute atomic E-state index is 12.8. The lowest BCUT2D eigenvalue weighted by molar-refractivity contribution is 0.485. The lowest BCUT2D eigenvalue weighted by Gasteiger charge is -2.14. The SMILES string of the molecule is CN(C)S(=O)(=O)c1ccc(S(=O)(=O)Nc2ccccc2Oc2ccccc2)cc1. The zero-order valence-corrected chi connectivity index (χ0v) is 17.4. The zero-order chi connectivity index (χ0) is 21.1. The van der Waals surface area contributed by atoms with Gasteiger partial charge in [0.1, 0.15) is 5.75 Å². The highest BCUT2D eigenvalue weighted by atomic mass is 32.2. The third-order valence-corrected chi connectivity index (χ3v) is 7.23. The Bertz CT molecular complexity index is 1190. The van der Waals surface area contributed by atoms with E-state index in [4.69, 9.17) is 4.74 Å². The van der Waals surface area contributed by atoms with Crippen LogP contribution in [0, 0.1) is 0 Å². The van der Waals surface area contributed by atoms with Crippen LogP contribution in [0.5, 0.6) is 11.5 Å². The van der Waals surface area contributed by atoms with Crippen molar-refractivity contribution in [1.82, 2.24) is 4.31 Å². The van der Waals surface area contributed by atoms with Crippen LogP contribution < -0.4 is 9.46 Å². The summed E-state index contributed by atoms with van der Waals surface area (Å²) in [7, 11) is -4.77. The van der Waals surface area contributed by atoms with Crippen molar-refractivity contribution in [3.8, 4) is 11.5 Å². The van der Waals surface area contributed by atoms with Crippen LogP contribution in [0.25, 0.3) is 0 Å². The summed E-state index contributed by atoms with van der Waals surface area (Å²) < 4.78 is 59.2. The van der Waals surface area contributed by atoms with Crippen LogP contribution in [-0.2, 0) is 20.0 Å². The first-order valence-electron chi connectivity index (χ1n) is 8.57. The largest absolute Gasteiger partial charge is 0.455 e. The van der Waals surface area contributed by atoms with Crippen molar-refractivity contribution in [3.05, 3.63) is 78.9 Å². The van der Waals surface area contributed by atoms with E-state index >= 15 is 0 Å². The predicted molar refractivity (Wildman–Crippen MR) is 111 cm³/mol. The molecule has 0 heterocycles. The molecular formula is C20H20N2O5S2. The molecule has 0 amide bonds. The van der Waals surface area contributed by atoms with Gasteiger partial charge in [-0.3, -0.25) is 4.72 Å². The van der Waals surface area contributed by atoms with Crippen molar-refractivity contribution in [2.24, 2.45) is 0 Å². The van der Waals surface area contributed by atoms with E-state index in [0.29, 0.717) is 11.5 Å². The second kappa shape index (κ2) is 8.24. The van der Waals surface area contributed by atoms with Crippen LogP contribution in [0.1, 0.15) is 0 Å². The highest BCUT2D eigenvalue weighted by molar-refractivity contribution is 7.92. The van der Waals surface area contributed by atoms with Crippen molar-refractivity contribution in [2.75, 3.05) is 18.8 Å². The van der Waals surface area contributed by atoms with Crippen LogP contribution in [-0.4, -0.2) is 35.2 Å². The van der Waals surface area contributed by atoms with Gasteiger partial charge >= 0.3 is 0 Å². The Morgan fingerprint density at radius 2 is 1.28 bits per heavy atom. The van der Waals surface area contributed by atoms with Crippen molar-refractivity contribution < 1.29 is 21.6 Å². The minimum Gasteiger partial charge on any atom is -0.455 e. The lowest BCUT2D eigenvalue weighted by atomic mass is 10.3. The lowest BCUT2D eigenvalue weighted by Crippen LogP contribution is -2.22. The molecule has 152 valence electrons. The van der Waals surface area contributed by atoms with Crippen molar-refractivity contribution in [3.63, 3.8) is 0 Å². The van der Waals surface area contributed by atoms with Gasteiger partial charge in [0.05, 0.1) is 15.5 Å². The summed E-state index contributed by atoms with van der Waals surface area (Å²) in [5.74, 6) is 0.909. The molecule has 0 saturated heterocycles. The van der Waals surface area contributed by atoms with Gasteiger partial charge < -0.3 is 4.74 Å². The molecule has 3 aromatic rings. The zero-order valence-electron chi connectivity index (χ0n) is 15.8. The summed E-state index contributed by atoms with van der Waals surface area (Å²) in [6, 6.07) is 20.7. The minimum atomic E-state index is -3.95. The molecule has 0 atom stereocenters. The van der Waals surface area contributed by atoms with Crippen LogP contribution in [0.15, 0.2) is 88.7 Å². The van der Waals surface area contributed by atoms with Gasteiger partial charge in [-0.1, -0.05) is 30.3 Å². The van der Waals surface area contributed by atoms with Gasteiger partial charge in [-0.15, -0.1) is 0 Å². The maximum Gasteiger partial charge on any atom is 0.262 e. The standard InChI is InChI=1S/C20H20N2O5S2/c1-22(2)29(25,26)18-14-12-17(13-15-18)28(23,24)21-19-10-6-7-11-20(19)27-16-8-4-3-5-9-16/h3-15,21H,1-2H3. The highest BCUT2D eigenvalue weighted by Crippen LogP contribution is 2.31. The summed E-state index contributed by atoms with van der Waals surface area (Å²) in [4.78, 5) is -0.0565. The smallest absolute Gasteiger partial charge is 0.262 e. The second-order valence-electron chi connectivity index (χ2n) is 6.28. The normalized spacial score (nSPS) is 12.0. The Kier molecular flexibility index (Phi) is 5.92. The molecule has 0 unspecified atom stereocenters. The number of nitrogens with one attached hydrogen (secondary N) is 1. The fourth-order valence-corrected chi connectivity index (χ4v) is 4.43. The first-order valence-corrected chi connectivity index (χ1v) is 11.5. The number of nitrogens with zero attached hydrogens (tertiary/aromatic N) is 1. The first-order chi connectivity index (χ1) is 13.7. The Morgan fingerprint density at radius 3 is 1.90 bits per heavy atom. The Morgan fingerprint density at radius 1 is 0.724 bits per heavy atom. The van der Waals surface area contributed by atoms with E-state index in [1.54, 1.807) is 36.4 Å². The van der Waals surface area contributed by atoms with E-state index in [-0.39, 0.29) is 15.5 Å². The molecule has 0 bridgehead atoms. The fraction of sp³-hybridized carbons (Fsp3) is 0.100. The van der Waals surface area contributed by atoms with Crippen molar-refractivity contribution in [2.45, 2.75) is 9.79 Å². The maximum atomic E-state index is 12.8. The Labute approximate surface area is 170 Å². The van der Waals surface area contributed by atoms with E-state index in [1.807, 2.05) is 18.2 Å². The summed E-state index contributed by atoms with van der Waals surface area (Å²) >= 11 is 0. The van der Waals surface area contributed by atoms with Crippen molar-refractivity contribution >= 4 is 25.7 Å². The third kappa shape index (κ3) is 4.76. The molecule has 3 aromatic carbocycles. The molecule has 29 heavy (non-hydrogen) atoms. The number of rotatable bonds is 7. The number of sulfonamides is 2. The van der Waals surface area contributed by atoms with E-state index in [9.17, 15) is 16.8 Å². The van der Waals surface area contributed by atoms with Gasteiger partial charge in [-0.25, -0.2) is 21.1 Å². The molecule has 7 nitrogen and oxygen atoms in total. The number of hydrogen-bond acceptors (Lipinski definition) is 5. The van der Waals surface area contributed by atoms with Gasteiger partial charge in [0.15, 0.2) is 5.75 Å². The van der Waals surface area contributed by atoms with Gasteiger partial charge in [-0.2, -0.15) is 0 Å². The van der Waals surface area contributed by atoms with Crippen LogP contribution >= 0.6 is 0 Å². The van der Waals surface area contributed by atoms with Crippen LogP contribution in [0.2, 0.25) is 0 Å². The number of para-hydroxylation sites is 3. The third-order valence-electron chi connectivity index (χ3n) is 4.02. The number of anilines is 1. The first kappa shape index (κ1) is 20.8. The molecule has 9 heteroatoms. The molecule has 0 spiro atoms. The van der Waals surface area contributed by atoms with Gasteiger partial charge in [0.2, 0.25) is 10.0 Å². The fourth-order valence-electron chi connectivity index (χ4n) is 2.46. The minimum absolute atomic E-state index is 0.00858. The molecule has 0 radical (unpaired) electrons. The molecule has 0 aromatic heterocycles. The average molecular weight is 433 g/mol. The van der Waals surface area contributed by atoms with E-state index in [2.05, 4.69) is 4.72 Å². The quantitative estimate of drug-likeness (QED) is 0.617. The summed E-state index contributed by atoms with van der Waals surface area (Å²) in [5.41, 5.74) is 0.265. The summed E-state index contributed by atoms with van der Waals surface area (Å²) in [5, 5.41) is 0. The molecule has 0 fully saturated rings. The van der Waals surface area contributed by atoms with Crippen LogP contribution in [0.4, 0.5) is 5.69 Å². The second-order valence-corrected chi connectivity index (χ2v) is 10.1. The summed E-state index contributed by atoms with van der Waals surface area (Å²) in [6.07, 6.45) is 0. The number of ether oxygens (including phenoxy) is 1. The molecule has 0 saturated carbocycles. The molecule has 0 aliphatic carbocycles.